The van der Waals surface area contributed by atoms with Crippen molar-refractivity contribution in [2.75, 3.05) is 0 Å². The summed E-state index contributed by atoms with van der Waals surface area (Å²) in [4.78, 5) is 0.207. The second-order valence-corrected chi connectivity index (χ2v) is 16.6. The predicted molar refractivity (Wildman–Crippen MR) is 163 cm³/mol. The zero-order valence-corrected chi connectivity index (χ0v) is 27.0. The van der Waals surface area contributed by atoms with Crippen LogP contribution >= 0.6 is 0 Å². The third-order valence-corrected chi connectivity index (χ3v) is 12.7. The second kappa shape index (κ2) is 12.2. The molecule has 1 saturated carbocycles. The second-order valence-electron chi connectivity index (χ2n) is 11.5. The van der Waals surface area contributed by atoms with Gasteiger partial charge in [0, 0.05) is 18.1 Å². The molecule has 12 heteroatoms. The van der Waals surface area contributed by atoms with Gasteiger partial charge in [0.15, 0.2) is 0 Å². The minimum absolute atomic E-state index is 0.0692. The first-order chi connectivity index (χ1) is 19.5. The van der Waals surface area contributed by atoms with Gasteiger partial charge in [-0.3, -0.25) is 0 Å². The molecule has 3 aromatic carbocycles. The van der Waals surface area contributed by atoms with Gasteiger partial charge in [-0.15, -0.1) is 0 Å². The van der Waals surface area contributed by atoms with Crippen LogP contribution in [0.25, 0.3) is 0 Å². The van der Waals surface area contributed by atoms with Gasteiger partial charge in [-0.1, -0.05) is 73.9 Å². The molecular weight excluding hydrogens is 595 g/mol. The van der Waals surface area contributed by atoms with E-state index in [1.54, 1.807) is 57.2 Å². The molecule has 42 heavy (non-hydrogen) atoms. The van der Waals surface area contributed by atoms with Crippen LogP contribution in [0.3, 0.4) is 0 Å². The minimum atomic E-state index is -4.01. The lowest BCUT2D eigenvalue weighted by Crippen LogP contribution is -2.66. The molecular formula is C30H39N3O6S3. The molecule has 1 fully saturated rings. The Kier molecular flexibility index (Phi) is 9.37. The van der Waals surface area contributed by atoms with Crippen molar-refractivity contribution < 1.29 is 25.3 Å². The molecule has 1 aliphatic carbocycles. The van der Waals surface area contributed by atoms with Gasteiger partial charge in [0.2, 0.25) is 30.1 Å². The Morgan fingerprint density at radius 1 is 0.405 bits per heavy atom. The van der Waals surface area contributed by atoms with Crippen molar-refractivity contribution in [3.63, 3.8) is 0 Å². The molecule has 0 aliphatic heterocycles. The average Bonchev–Trinajstić information content (AvgIpc) is 2.92. The SMILES string of the molecule is Cc1ccc(S(=O)(=O)NC2C(C)C(NS(=O)(=O)c3ccc(C)cc3)C(C)C(NS(=O)(=O)c3ccc(C)cc3)C2C)cc1. The summed E-state index contributed by atoms with van der Waals surface area (Å²) < 4.78 is 89.3. The third-order valence-electron chi connectivity index (χ3n) is 8.27. The molecule has 0 atom stereocenters. The van der Waals surface area contributed by atoms with Crippen molar-refractivity contribution in [2.45, 2.75) is 74.4 Å². The van der Waals surface area contributed by atoms with Gasteiger partial charge >= 0.3 is 0 Å². The first-order valence-corrected chi connectivity index (χ1v) is 18.2. The Hall–Kier alpha value is -2.61. The Bertz CT molecular complexity index is 1500. The number of rotatable bonds is 9. The molecule has 4 rings (SSSR count). The van der Waals surface area contributed by atoms with E-state index in [0.717, 1.165) is 16.7 Å². The largest absolute Gasteiger partial charge is 0.240 e. The summed E-state index contributed by atoms with van der Waals surface area (Å²) in [6.45, 7) is 10.9. The lowest BCUT2D eigenvalue weighted by Gasteiger charge is -2.49. The average molecular weight is 634 g/mol. The molecule has 0 heterocycles. The number of aryl methyl sites for hydroxylation is 3. The van der Waals surface area contributed by atoms with Gasteiger partial charge in [0.05, 0.1) is 14.7 Å². The molecule has 3 N–H and O–H groups in total. The maximum Gasteiger partial charge on any atom is 0.240 e. The van der Waals surface area contributed by atoms with E-state index < -0.39 is 65.9 Å². The molecule has 0 bridgehead atoms. The standard InChI is InChI=1S/C30H39N3O6S3/c1-19-7-13-25(14-8-19)40(34,35)31-28-22(4)29(32-41(36,37)26-15-9-20(2)10-16-26)24(6)30(23(28)5)33-42(38,39)27-17-11-21(3)12-18-27/h7-18,22-24,28-33H,1-6H3. The number of benzene rings is 3. The Morgan fingerprint density at radius 3 is 0.786 bits per heavy atom. The fraction of sp³-hybridized carbons (Fsp3) is 0.400. The van der Waals surface area contributed by atoms with Crippen molar-refractivity contribution in [2.24, 2.45) is 17.8 Å². The summed E-state index contributed by atoms with van der Waals surface area (Å²) in [7, 11) is -12.0. The van der Waals surface area contributed by atoms with E-state index in [1.807, 2.05) is 20.8 Å². The van der Waals surface area contributed by atoms with Crippen LogP contribution in [-0.2, 0) is 30.1 Å². The molecule has 0 aromatic heterocycles. The van der Waals surface area contributed by atoms with Gasteiger partial charge < -0.3 is 0 Å². The quantitative estimate of drug-likeness (QED) is 0.327. The minimum Gasteiger partial charge on any atom is -0.207 e. The zero-order valence-electron chi connectivity index (χ0n) is 24.6. The van der Waals surface area contributed by atoms with Crippen LogP contribution in [0.5, 0.6) is 0 Å². The van der Waals surface area contributed by atoms with Gasteiger partial charge in [0.25, 0.3) is 0 Å². The van der Waals surface area contributed by atoms with Crippen LogP contribution in [0.1, 0.15) is 37.5 Å². The highest BCUT2D eigenvalue weighted by Crippen LogP contribution is 2.37. The summed E-state index contributed by atoms with van der Waals surface area (Å²) >= 11 is 0. The van der Waals surface area contributed by atoms with Gasteiger partial charge in [-0.25, -0.2) is 39.4 Å². The molecule has 0 radical (unpaired) electrons. The fourth-order valence-electron chi connectivity index (χ4n) is 5.64. The molecule has 1 aliphatic rings. The van der Waals surface area contributed by atoms with Crippen molar-refractivity contribution >= 4 is 30.1 Å². The molecule has 9 nitrogen and oxygen atoms in total. The monoisotopic (exact) mass is 633 g/mol. The van der Waals surface area contributed by atoms with Crippen LogP contribution in [0.4, 0.5) is 0 Å². The van der Waals surface area contributed by atoms with Gasteiger partial charge in [-0.05, 0) is 74.9 Å². The van der Waals surface area contributed by atoms with E-state index in [-0.39, 0.29) is 14.7 Å². The maximum absolute atomic E-state index is 13.5. The van der Waals surface area contributed by atoms with Crippen molar-refractivity contribution in [3.8, 4) is 0 Å². The van der Waals surface area contributed by atoms with Crippen molar-refractivity contribution in [1.29, 1.82) is 0 Å². The van der Waals surface area contributed by atoms with Crippen LogP contribution < -0.4 is 14.2 Å². The lowest BCUT2D eigenvalue weighted by atomic mass is 9.68. The van der Waals surface area contributed by atoms with E-state index in [0.29, 0.717) is 0 Å². The number of hydrogen-bond acceptors (Lipinski definition) is 6. The molecule has 3 aromatic rings. The smallest absolute Gasteiger partial charge is 0.207 e. The normalized spacial score (nSPS) is 25.3. The van der Waals surface area contributed by atoms with Crippen LogP contribution in [0.15, 0.2) is 87.5 Å². The zero-order chi connectivity index (χ0) is 31.0. The van der Waals surface area contributed by atoms with Crippen LogP contribution in [-0.4, -0.2) is 43.4 Å². The summed E-state index contributed by atoms with van der Waals surface area (Å²) in [6.07, 6.45) is 0. The number of sulfonamides is 3. The Morgan fingerprint density at radius 2 is 0.595 bits per heavy atom. The Labute approximate surface area is 250 Å². The van der Waals surface area contributed by atoms with Gasteiger partial charge in [0.1, 0.15) is 0 Å². The number of hydrogen-bond donors (Lipinski definition) is 3. The van der Waals surface area contributed by atoms with E-state index in [2.05, 4.69) is 14.2 Å². The molecule has 0 amide bonds. The van der Waals surface area contributed by atoms with Crippen molar-refractivity contribution in [3.05, 3.63) is 89.5 Å². The fourth-order valence-corrected chi connectivity index (χ4v) is 9.90. The van der Waals surface area contributed by atoms with Crippen molar-refractivity contribution in [1.82, 2.24) is 14.2 Å². The third kappa shape index (κ3) is 6.95. The number of nitrogens with one attached hydrogen (secondary N) is 3. The summed E-state index contributed by atoms with van der Waals surface area (Å²) in [5.74, 6) is -1.60. The topological polar surface area (TPSA) is 139 Å². The highest BCUT2D eigenvalue weighted by Gasteiger charge is 2.49. The Balaban J connectivity index is 1.73. The summed E-state index contributed by atoms with van der Waals surface area (Å²) in [6, 6.07) is 16.8. The van der Waals surface area contributed by atoms with E-state index >= 15 is 0 Å². The van der Waals surface area contributed by atoms with Gasteiger partial charge in [-0.2, -0.15) is 0 Å². The van der Waals surface area contributed by atoms with E-state index in [9.17, 15) is 25.3 Å². The van der Waals surface area contributed by atoms with E-state index in [4.69, 9.17) is 0 Å². The summed E-state index contributed by atoms with van der Waals surface area (Å²) in [5.41, 5.74) is 2.70. The molecule has 0 unspecified atom stereocenters. The molecule has 228 valence electrons. The van der Waals surface area contributed by atoms with E-state index in [1.165, 1.54) is 36.4 Å². The molecule has 0 spiro atoms. The van der Waals surface area contributed by atoms with Crippen LogP contribution in [0, 0.1) is 38.5 Å². The first kappa shape index (κ1) is 32.3. The lowest BCUT2D eigenvalue weighted by molar-refractivity contribution is 0.107. The highest BCUT2D eigenvalue weighted by molar-refractivity contribution is 7.90. The highest BCUT2D eigenvalue weighted by atomic mass is 32.2. The molecule has 0 saturated heterocycles. The maximum atomic E-state index is 13.5. The summed E-state index contributed by atoms with van der Waals surface area (Å²) in [5, 5.41) is 0. The first-order valence-electron chi connectivity index (χ1n) is 13.8. The van der Waals surface area contributed by atoms with Crippen LogP contribution in [0.2, 0.25) is 0 Å². The predicted octanol–water partition coefficient (Wildman–Crippen LogP) is 3.87.